The lowest BCUT2D eigenvalue weighted by atomic mass is 9.92. The van der Waals surface area contributed by atoms with Gasteiger partial charge < -0.3 is 15.3 Å². The van der Waals surface area contributed by atoms with E-state index in [-0.39, 0.29) is 0 Å². The molecule has 0 aliphatic carbocycles. The third kappa shape index (κ3) is 2.00. The van der Waals surface area contributed by atoms with Crippen LogP contribution in [0.3, 0.4) is 0 Å². The van der Waals surface area contributed by atoms with E-state index in [1.54, 1.807) is 0 Å². The van der Waals surface area contributed by atoms with Gasteiger partial charge in [-0.25, -0.2) is 0 Å². The molecule has 0 amide bonds. The zero-order valence-corrected chi connectivity index (χ0v) is 10.0. The quantitative estimate of drug-likeness (QED) is 0.814. The van der Waals surface area contributed by atoms with Crippen molar-refractivity contribution in [2.45, 2.75) is 19.8 Å². The third-order valence-electron chi connectivity index (χ3n) is 3.36. The molecule has 88 valence electrons. The Kier molecular flexibility index (Phi) is 3.34. The molecule has 2 rings (SSSR count). The number of aromatic hydroxyl groups is 1. The van der Waals surface area contributed by atoms with Gasteiger partial charge in [-0.3, -0.25) is 0 Å². The van der Waals surface area contributed by atoms with Crippen molar-refractivity contribution in [3.63, 3.8) is 0 Å². The lowest BCUT2D eigenvalue weighted by Crippen LogP contribution is -2.39. The summed E-state index contributed by atoms with van der Waals surface area (Å²) in [5, 5.41) is 13.2. The molecule has 0 bridgehead atoms. The first-order valence-electron chi connectivity index (χ1n) is 6.04. The van der Waals surface area contributed by atoms with E-state index in [1.165, 1.54) is 0 Å². The Hall–Kier alpha value is -1.22. The maximum Gasteiger partial charge on any atom is 0.121 e. The first-order valence-corrected chi connectivity index (χ1v) is 6.04. The van der Waals surface area contributed by atoms with Crippen LogP contribution in [0.1, 0.15) is 25.3 Å². The van der Waals surface area contributed by atoms with Gasteiger partial charge in [-0.2, -0.15) is 0 Å². The highest BCUT2D eigenvalue weighted by atomic mass is 16.3. The molecular formula is C13H20N2O. The number of phenolic OH excluding ortho intramolecular Hbond substituents is 1. The van der Waals surface area contributed by atoms with Gasteiger partial charge in [-0.1, -0.05) is 6.07 Å². The lowest BCUT2D eigenvalue weighted by molar-refractivity contribution is 0.413. The standard InChI is InChI=1S/C13H20N2O/c1-3-15(4-2)11-5-6-12(13(16)7-11)10-8-14-9-10/h5-7,10,14,16H,3-4,8-9H2,1-2H3. The lowest BCUT2D eigenvalue weighted by Gasteiger charge is -2.29. The molecule has 0 radical (unpaired) electrons. The van der Waals surface area contributed by atoms with Gasteiger partial charge in [0.25, 0.3) is 0 Å². The van der Waals surface area contributed by atoms with Crippen LogP contribution in [-0.4, -0.2) is 31.3 Å². The second-order valence-electron chi connectivity index (χ2n) is 4.27. The van der Waals surface area contributed by atoms with Crippen LogP contribution in [0.5, 0.6) is 5.75 Å². The van der Waals surface area contributed by atoms with Gasteiger partial charge in [0.05, 0.1) is 0 Å². The van der Waals surface area contributed by atoms with E-state index in [0.717, 1.165) is 37.4 Å². The Morgan fingerprint density at radius 3 is 2.44 bits per heavy atom. The molecule has 0 atom stereocenters. The molecular weight excluding hydrogens is 200 g/mol. The monoisotopic (exact) mass is 220 g/mol. The number of rotatable bonds is 4. The highest BCUT2D eigenvalue weighted by molar-refractivity contribution is 5.54. The molecule has 1 aliphatic rings. The minimum atomic E-state index is 0.441. The predicted molar refractivity (Wildman–Crippen MR) is 67.3 cm³/mol. The average molecular weight is 220 g/mol. The maximum absolute atomic E-state index is 10.0. The highest BCUT2D eigenvalue weighted by Gasteiger charge is 2.22. The minimum Gasteiger partial charge on any atom is -0.508 e. The van der Waals surface area contributed by atoms with E-state index in [0.29, 0.717) is 11.7 Å². The molecule has 0 unspecified atom stereocenters. The summed E-state index contributed by atoms with van der Waals surface area (Å²) in [5.41, 5.74) is 2.19. The number of nitrogens with one attached hydrogen (secondary N) is 1. The largest absolute Gasteiger partial charge is 0.508 e. The maximum atomic E-state index is 10.0. The van der Waals surface area contributed by atoms with Gasteiger partial charge in [0.15, 0.2) is 0 Å². The van der Waals surface area contributed by atoms with Gasteiger partial charge in [0.1, 0.15) is 5.75 Å². The topological polar surface area (TPSA) is 35.5 Å². The molecule has 1 aliphatic heterocycles. The number of benzene rings is 1. The summed E-state index contributed by atoms with van der Waals surface area (Å²) < 4.78 is 0. The first-order chi connectivity index (χ1) is 7.76. The van der Waals surface area contributed by atoms with Crippen LogP contribution in [0.25, 0.3) is 0 Å². The van der Waals surface area contributed by atoms with Crippen molar-refractivity contribution in [2.75, 3.05) is 31.1 Å². The number of nitrogens with zero attached hydrogens (tertiary/aromatic N) is 1. The summed E-state index contributed by atoms with van der Waals surface area (Å²) in [6.45, 7) is 8.17. The van der Waals surface area contributed by atoms with Crippen molar-refractivity contribution in [3.8, 4) is 5.75 Å². The fraction of sp³-hybridized carbons (Fsp3) is 0.538. The van der Waals surface area contributed by atoms with Crippen LogP contribution in [0.2, 0.25) is 0 Å². The average Bonchev–Trinajstić information content (AvgIpc) is 2.21. The van der Waals surface area contributed by atoms with E-state index < -0.39 is 0 Å². The number of hydrogen-bond acceptors (Lipinski definition) is 3. The molecule has 0 aromatic heterocycles. The Bertz CT molecular complexity index is 357. The zero-order valence-electron chi connectivity index (χ0n) is 10.0. The van der Waals surface area contributed by atoms with Gasteiger partial charge in [0, 0.05) is 43.9 Å². The molecule has 0 spiro atoms. The molecule has 1 aromatic carbocycles. The normalized spacial score (nSPS) is 15.9. The van der Waals surface area contributed by atoms with E-state index in [4.69, 9.17) is 0 Å². The smallest absolute Gasteiger partial charge is 0.121 e. The molecule has 2 N–H and O–H groups in total. The molecule has 16 heavy (non-hydrogen) atoms. The molecule has 1 saturated heterocycles. The van der Waals surface area contributed by atoms with E-state index in [9.17, 15) is 5.11 Å². The molecule has 1 heterocycles. The molecule has 1 aromatic rings. The van der Waals surface area contributed by atoms with Crippen LogP contribution >= 0.6 is 0 Å². The summed E-state index contributed by atoms with van der Waals surface area (Å²) in [7, 11) is 0. The van der Waals surface area contributed by atoms with Crippen LogP contribution in [0, 0.1) is 0 Å². The van der Waals surface area contributed by atoms with Crippen molar-refractivity contribution in [1.82, 2.24) is 5.32 Å². The highest BCUT2D eigenvalue weighted by Crippen LogP contribution is 2.31. The van der Waals surface area contributed by atoms with Crippen molar-refractivity contribution in [1.29, 1.82) is 0 Å². The third-order valence-corrected chi connectivity index (χ3v) is 3.36. The van der Waals surface area contributed by atoms with Crippen molar-refractivity contribution in [3.05, 3.63) is 23.8 Å². The van der Waals surface area contributed by atoms with Crippen molar-refractivity contribution in [2.24, 2.45) is 0 Å². The Labute approximate surface area is 97.1 Å². The number of phenols is 1. The van der Waals surface area contributed by atoms with Gasteiger partial charge in [0.2, 0.25) is 0 Å². The number of hydrogen-bond donors (Lipinski definition) is 2. The zero-order chi connectivity index (χ0) is 11.5. The minimum absolute atomic E-state index is 0.441. The van der Waals surface area contributed by atoms with Crippen LogP contribution in [0.15, 0.2) is 18.2 Å². The van der Waals surface area contributed by atoms with Crippen molar-refractivity contribution >= 4 is 5.69 Å². The van der Waals surface area contributed by atoms with Crippen LogP contribution in [0.4, 0.5) is 5.69 Å². The summed E-state index contributed by atoms with van der Waals surface area (Å²) in [4.78, 5) is 2.24. The summed E-state index contributed by atoms with van der Waals surface area (Å²) in [6.07, 6.45) is 0. The van der Waals surface area contributed by atoms with Crippen LogP contribution in [-0.2, 0) is 0 Å². The second kappa shape index (κ2) is 4.74. The summed E-state index contributed by atoms with van der Waals surface area (Å²) in [5.74, 6) is 0.932. The molecule has 3 nitrogen and oxygen atoms in total. The van der Waals surface area contributed by atoms with E-state index >= 15 is 0 Å². The summed E-state index contributed by atoms with van der Waals surface area (Å²) >= 11 is 0. The van der Waals surface area contributed by atoms with Gasteiger partial charge in [-0.05, 0) is 25.5 Å². The summed E-state index contributed by atoms with van der Waals surface area (Å²) in [6, 6.07) is 6.06. The fourth-order valence-corrected chi connectivity index (χ4v) is 2.17. The van der Waals surface area contributed by atoms with Crippen molar-refractivity contribution < 1.29 is 5.11 Å². The van der Waals surface area contributed by atoms with E-state index in [2.05, 4.69) is 36.2 Å². The molecule has 0 saturated carbocycles. The molecule has 1 fully saturated rings. The second-order valence-corrected chi connectivity index (χ2v) is 4.27. The van der Waals surface area contributed by atoms with E-state index in [1.807, 2.05) is 6.07 Å². The van der Waals surface area contributed by atoms with Gasteiger partial charge >= 0.3 is 0 Å². The first kappa shape index (κ1) is 11.3. The predicted octanol–water partition coefficient (Wildman–Crippen LogP) is 1.93. The Morgan fingerprint density at radius 2 is 2.00 bits per heavy atom. The Morgan fingerprint density at radius 1 is 1.31 bits per heavy atom. The SMILES string of the molecule is CCN(CC)c1ccc(C2CNC2)c(O)c1. The number of anilines is 1. The Balaban J connectivity index is 2.21. The van der Waals surface area contributed by atoms with Gasteiger partial charge in [-0.15, -0.1) is 0 Å². The molecule has 3 heteroatoms. The fourth-order valence-electron chi connectivity index (χ4n) is 2.17. The van der Waals surface area contributed by atoms with Crippen LogP contribution < -0.4 is 10.2 Å².